The maximum absolute atomic E-state index is 13.4. The summed E-state index contributed by atoms with van der Waals surface area (Å²) < 4.78 is 116. The Morgan fingerprint density at radius 3 is 2.31 bits per heavy atom. The van der Waals surface area contributed by atoms with Crippen LogP contribution in [0.3, 0.4) is 0 Å². The van der Waals surface area contributed by atoms with Gasteiger partial charge in [-0.3, -0.25) is 0 Å². The molecule has 1 aromatic carbocycles. The number of allylic oxidation sites excluding steroid dienone is 4. The first-order valence-corrected chi connectivity index (χ1v) is 12.2. The molecule has 15 heteroatoms. The van der Waals surface area contributed by atoms with Crippen LogP contribution in [-0.2, 0) is 5.60 Å². The largest absolute Gasteiger partial charge is 0.487 e. The van der Waals surface area contributed by atoms with Crippen molar-refractivity contribution in [3.05, 3.63) is 64.1 Å². The van der Waals surface area contributed by atoms with Gasteiger partial charge in [-0.05, 0) is 49.5 Å². The standard InChI is InChI=1S/C24H22F8N2O4S/c25-21(26)38-17-10-9-14(12-18(17)37-15-6-5-7-15)16(8-3-1-2-4-11-34-36)19-13-33-20(39-19)22(35,23(27,28)29)24(30,31)32/h1-4,9-13,15-16,21,35-36H,5-8H2/b3-1+,4-2-,34-11+. The van der Waals surface area contributed by atoms with Crippen LogP contribution in [0.2, 0.25) is 0 Å². The zero-order chi connectivity index (χ0) is 28.8. The SMILES string of the molecule is O/N=C/C=C\C=C\CC(c1ccc(OC(F)F)c(OC2CCC2)c1)c1cnc(C(O)(C(F)(F)F)C(F)(F)F)s1. The summed E-state index contributed by atoms with van der Waals surface area (Å²) >= 11 is 0.0194. The lowest BCUT2D eigenvalue weighted by molar-refractivity contribution is -0.376. The van der Waals surface area contributed by atoms with Crippen LogP contribution >= 0.6 is 11.3 Å². The third kappa shape index (κ3) is 7.06. The number of ether oxygens (including phenoxy) is 2. The van der Waals surface area contributed by atoms with Crippen LogP contribution in [0.25, 0.3) is 0 Å². The van der Waals surface area contributed by atoms with Crippen molar-refractivity contribution in [3.8, 4) is 11.5 Å². The van der Waals surface area contributed by atoms with Gasteiger partial charge in [0.2, 0.25) is 0 Å². The first kappa shape index (κ1) is 30.3. The van der Waals surface area contributed by atoms with E-state index in [1.807, 2.05) is 0 Å². The zero-order valence-electron chi connectivity index (χ0n) is 19.8. The molecule has 0 aliphatic heterocycles. The second-order valence-corrected chi connectivity index (χ2v) is 9.46. The van der Waals surface area contributed by atoms with Crippen molar-refractivity contribution in [1.82, 2.24) is 4.98 Å². The molecule has 0 radical (unpaired) electrons. The molecule has 0 bridgehead atoms. The Balaban J connectivity index is 2.05. The van der Waals surface area contributed by atoms with Crippen molar-refractivity contribution >= 4 is 17.6 Å². The molecule has 0 saturated heterocycles. The summed E-state index contributed by atoms with van der Waals surface area (Å²) in [5, 5.41) is 19.3. The number of nitrogens with zero attached hydrogens (tertiary/aromatic N) is 2. The smallest absolute Gasteiger partial charge is 0.433 e. The van der Waals surface area contributed by atoms with Crippen LogP contribution < -0.4 is 9.47 Å². The van der Waals surface area contributed by atoms with E-state index in [2.05, 4.69) is 14.9 Å². The Morgan fingerprint density at radius 1 is 1.05 bits per heavy atom. The molecule has 2 N–H and O–H groups in total. The van der Waals surface area contributed by atoms with Gasteiger partial charge in [-0.1, -0.05) is 29.5 Å². The van der Waals surface area contributed by atoms with Crippen LogP contribution in [-0.4, -0.2) is 46.6 Å². The molecule has 1 unspecified atom stereocenters. The second-order valence-electron chi connectivity index (χ2n) is 8.40. The molecule has 2 aromatic rings. The average molecular weight is 587 g/mol. The molecule has 1 aliphatic carbocycles. The lowest BCUT2D eigenvalue weighted by Crippen LogP contribution is -2.53. The molecule has 39 heavy (non-hydrogen) atoms. The van der Waals surface area contributed by atoms with Crippen molar-refractivity contribution in [2.24, 2.45) is 5.16 Å². The maximum atomic E-state index is 13.4. The highest BCUT2D eigenvalue weighted by molar-refractivity contribution is 7.11. The minimum absolute atomic E-state index is 0.0105. The topological polar surface area (TPSA) is 84.2 Å². The van der Waals surface area contributed by atoms with Crippen molar-refractivity contribution in [1.29, 1.82) is 0 Å². The van der Waals surface area contributed by atoms with Crippen molar-refractivity contribution < 1.29 is 54.9 Å². The van der Waals surface area contributed by atoms with Gasteiger partial charge in [0.25, 0.3) is 0 Å². The van der Waals surface area contributed by atoms with Gasteiger partial charge >= 0.3 is 24.6 Å². The number of alkyl halides is 8. The molecule has 0 amide bonds. The molecule has 214 valence electrons. The van der Waals surface area contributed by atoms with Gasteiger partial charge in [-0.15, -0.1) is 11.3 Å². The van der Waals surface area contributed by atoms with Gasteiger partial charge in [0.1, 0.15) is 5.01 Å². The van der Waals surface area contributed by atoms with E-state index >= 15 is 0 Å². The lowest BCUT2D eigenvalue weighted by atomic mass is 9.93. The summed E-state index contributed by atoms with van der Waals surface area (Å²) in [5.41, 5.74) is -4.89. The number of aliphatic hydroxyl groups is 1. The third-order valence-electron chi connectivity index (χ3n) is 5.81. The van der Waals surface area contributed by atoms with Crippen LogP contribution in [0.4, 0.5) is 35.1 Å². The molecular weight excluding hydrogens is 564 g/mol. The van der Waals surface area contributed by atoms with Gasteiger partial charge in [-0.25, -0.2) is 4.98 Å². The predicted octanol–water partition coefficient (Wildman–Crippen LogP) is 7.08. The number of hydrogen-bond acceptors (Lipinski definition) is 7. The highest BCUT2D eigenvalue weighted by Gasteiger charge is 2.73. The average Bonchev–Trinajstić information content (AvgIpc) is 3.29. The van der Waals surface area contributed by atoms with Gasteiger partial charge in [-0.2, -0.15) is 35.1 Å². The van der Waals surface area contributed by atoms with Gasteiger partial charge in [0, 0.05) is 17.0 Å². The van der Waals surface area contributed by atoms with Crippen LogP contribution in [0.15, 0.2) is 53.9 Å². The Hall–Kier alpha value is -3.20. The number of oxime groups is 1. The van der Waals surface area contributed by atoms with Gasteiger partial charge < -0.3 is 19.8 Å². The Kier molecular flexibility index (Phi) is 9.59. The summed E-state index contributed by atoms with van der Waals surface area (Å²) in [7, 11) is 0. The van der Waals surface area contributed by atoms with Crippen LogP contribution in [0.5, 0.6) is 11.5 Å². The minimum atomic E-state index is -6.10. The fourth-order valence-corrected chi connectivity index (χ4v) is 4.76. The fraction of sp³-hybridized carbons (Fsp3) is 0.417. The highest BCUT2D eigenvalue weighted by atomic mass is 32.1. The molecule has 1 saturated carbocycles. The molecule has 1 aliphatic rings. The van der Waals surface area contributed by atoms with E-state index in [4.69, 9.17) is 9.94 Å². The highest BCUT2D eigenvalue weighted by Crippen LogP contribution is 2.52. The van der Waals surface area contributed by atoms with E-state index in [1.165, 1.54) is 42.5 Å². The van der Waals surface area contributed by atoms with E-state index in [9.17, 15) is 40.2 Å². The molecular formula is C24H22F8N2O4S. The zero-order valence-corrected chi connectivity index (χ0v) is 20.6. The van der Waals surface area contributed by atoms with Crippen molar-refractivity contribution in [3.63, 3.8) is 0 Å². The summed E-state index contributed by atoms with van der Waals surface area (Å²) in [4.78, 5) is 3.21. The molecule has 6 nitrogen and oxygen atoms in total. The normalized spacial score (nSPS) is 16.5. The third-order valence-corrected chi connectivity index (χ3v) is 7.03. The predicted molar refractivity (Wildman–Crippen MR) is 124 cm³/mol. The van der Waals surface area contributed by atoms with E-state index in [1.54, 1.807) is 0 Å². The van der Waals surface area contributed by atoms with E-state index in [0.29, 0.717) is 18.4 Å². The quantitative estimate of drug-likeness (QED) is 0.0967. The maximum Gasteiger partial charge on any atom is 0.433 e. The van der Waals surface area contributed by atoms with Crippen molar-refractivity contribution in [2.75, 3.05) is 0 Å². The molecule has 1 fully saturated rings. The Bertz CT molecular complexity index is 1180. The number of hydrogen-bond donors (Lipinski definition) is 2. The van der Waals surface area contributed by atoms with Crippen LogP contribution in [0.1, 0.15) is 47.0 Å². The summed E-state index contributed by atoms with van der Waals surface area (Å²) in [6.07, 6.45) is -2.60. The number of thiazole rings is 1. The van der Waals surface area contributed by atoms with Gasteiger partial charge in [0.15, 0.2) is 11.5 Å². The Morgan fingerprint density at radius 2 is 1.74 bits per heavy atom. The number of halogens is 8. The molecule has 0 spiro atoms. The van der Waals surface area contributed by atoms with E-state index in [0.717, 1.165) is 18.8 Å². The number of benzene rings is 1. The second kappa shape index (κ2) is 12.3. The molecule has 1 atom stereocenters. The minimum Gasteiger partial charge on any atom is -0.487 e. The first-order chi connectivity index (χ1) is 18.3. The van der Waals surface area contributed by atoms with Gasteiger partial charge in [0.05, 0.1) is 12.3 Å². The fourth-order valence-electron chi connectivity index (χ4n) is 3.58. The van der Waals surface area contributed by atoms with Crippen molar-refractivity contribution in [2.45, 2.75) is 62.3 Å². The number of aromatic nitrogens is 1. The van der Waals surface area contributed by atoms with E-state index in [-0.39, 0.29) is 40.2 Å². The van der Waals surface area contributed by atoms with E-state index < -0.39 is 35.5 Å². The molecule has 1 aromatic heterocycles. The lowest BCUT2D eigenvalue weighted by Gasteiger charge is -2.30. The summed E-state index contributed by atoms with van der Waals surface area (Å²) in [5.74, 6) is -1.26. The monoisotopic (exact) mass is 586 g/mol. The summed E-state index contributed by atoms with van der Waals surface area (Å²) in [6, 6.07) is 3.84. The molecule has 1 heterocycles. The van der Waals surface area contributed by atoms with Crippen LogP contribution in [0, 0.1) is 0 Å². The molecule has 3 rings (SSSR count). The number of rotatable bonds is 11. The summed E-state index contributed by atoms with van der Waals surface area (Å²) in [6.45, 7) is -3.17. The Labute approximate surface area is 220 Å². The first-order valence-electron chi connectivity index (χ1n) is 11.3.